The van der Waals surface area contributed by atoms with E-state index in [0.29, 0.717) is 0 Å². The maximum atomic E-state index is 5.08. The minimum atomic E-state index is 0.871. The number of rotatable bonds is 8. The highest BCUT2D eigenvalue weighted by molar-refractivity contribution is 4.74. The molecular weight excluding hydrogens is 200 g/mol. The number of unbranched alkanes of at least 4 members (excludes halogenated alkanes) is 1. The third-order valence-corrected chi connectivity index (χ3v) is 3.36. The third-order valence-electron chi connectivity index (χ3n) is 3.36. The molecule has 0 aromatic rings. The van der Waals surface area contributed by atoms with Crippen molar-refractivity contribution < 1.29 is 4.74 Å². The van der Waals surface area contributed by atoms with Crippen molar-refractivity contribution in [2.45, 2.75) is 32.6 Å². The number of methoxy groups -OCH3 is 1. The van der Waals surface area contributed by atoms with E-state index in [1.165, 1.54) is 51.9 Å². The van der Waals surface area contributed by atoms with E-state index < -0.39 is 0 Å². The van der Waals surface area contributed by atoms with Crippen LogP contribution >= 0.6 is 0 Å². The fourth-order valence-corrected chi connectivity index (χ4v) is 2.45. The molecule has 3 nitrogen and oxygen atoms in total. The summed E-state index contributed by atoms with van der Waals surface area (Å²) in [6.07, 6.45) is 5.26. The third kappa shape index (κ3) is 5.83. The van der Waals surface area contributed by atoms with Gasteiger partial charge in [-0.2, -0.15) is 0 Å². The number of nitrogens with zero attached hydrogens (tertiary/aromatic N) is 1. The fourth-order valence-electron chi connectivity index (χ4n) is 2.45. The molecule has 1 N–H and O–H groups in total. The van der Waals surface area contributed by atoms with Gasteiger partial charge in [-0.25, -0.2) is 0 Å². The van der Waals surface area contributed by atoms with Gasteiger partial charge in [0.05, 0.1) is 0 Å². The van der Waals surface area contributed by atoms with Gasteiger partial charge < -0.3 is 15.0 Å². The van der Waals surface area contributed by atoms with Crippen LogP contribution in [0.2, 0.25) is 0 Å². The SMILES string of the molecule is CCNCC1CCCN(CCCCOC)C1. The summed E-state index contributed by atoms with van der Waals surface area (Å²) in [6, 6.07) is 0. The summed E-state index contributed by atoms with van der Waals surface area (Å²) in [6.45, 7) is 9.25. The molecule has 0 saturated carbocycles. The maximum absolute atomic E-state index is 5.08. The molecule has 1 unspecified atom stereocenters. The van der Waals surface area contributed by atoms with E-state index in [2.05, 4.69) is 17.1 Å². The molecule has 1 aliphatic rings. The predicted molar refractivity (Wildman–Crippen MR) is 68.8 cm³/mol. The minimum absolute atomic E-state index is 0.871. The van der Waals surface area contributed by atoms with E-state index >= 15 is 0 Å². The number of hydrogen-bond acceptors (Lipinski definition) is 3. The smallest absolute Gasteiger partial charge is 0.0462 e. The molecule has 0 radical (unpaired) electrons. The van der Waals surface area contributed by atoms with Gasteiger partial charge in [-0.3, -0.25) is 0 Å². The molecule has 0 aromatic carbocycles. The van der Waals surface area contributed by atoms with Crippen LogP contribution in [0.3, 0.4) is 0 Å². The number of nitrogens with one attached hydrogen (secondary N) is 1. The molecule has 1 fully saturated rings. The van der Waals surface area contributed by atoms with Gasteiger partial charge in [-0.05, 0) is 57.8 Å². The summed E-state index contributed by atoms with van der Waals surface area (Å²) in [5.74, 6) is 0.871. The zero-order chi connectivity index (χ0) is 11.6. The average molecular weight is 228 g/mol. The Hall–Kier alpha value is -0.120. The van der Waals surface area contributed by atoms with Crippen molar-refractivity contribution in [2.24, 2.45) is 5.92 Å². The highest BCUT2D eigenvalue weighted by atomic mass is 16.5. The van der Waals surface area contributed by atoms with Gasteiger partial charge in [0.1, 0.15) is 0 Å². The Morgan fingerprint density at radius 3 is 3.00 bits per heavy atom. The molecule has 96 valence electrons. The highest BCUT2D eigenvalue weighted by Crippen LogP contribution is 2.16. The standard InChI is InChI=1S/C13H28N2O/c1-3-14-11-13-7-6-9-15(12-13)8-4-5-10-16-2/h13-14H,3-12H2,1-2H3. The maximum Gasteiger partial charge on any atom is 0.0462 e. The van der Waals surface area contributed by atoms with Gasteiger partial charge in [0.2, 0.25) is 0 Å². The molecule has 1 rings (SSSR count). The lowest BCUT2D eigenvalue weighted by Crippen LogP contribution is -2.40. The van der Waals surface area contributed by atoms with Crippen molar-refractivity contribution >= 4 is 0 Å². The van der Waals surface area contributed by atoms with Crippen molar-refractivity contribution in [1.29, 1.82) is 0 Å². The molecular formula is C13H28N2O. The van der Waals surface area contributed by atoms with Crippen molar-refractivity contribution in [2.75, 3.05) is 46.4 Å². The second-order valence-corrected chi connectivity index (χ2v) is 4.82. The number of likely N-dealkylation sites (tertiary alicyclic amines) is 1. The lowest BCUT2D eigenvalue weighted by Gasteiger charge is -2.32. The molecule has 1 aliphatic heterocycles. The number of piperidine rings is 1. The fraction of sp³-hybridized carbons (Fsp3) is 1.00. The van der Waals surface area contributed by atoms with Crippen LogP contribution in [-0.2, 0) is 4.74 Å². The van der Waals surface area contributed by atoms with Crippen molar-refractivity contribution in [3.05, 3.63) is 0 Å². The van der Waals surface area contributed by atoms with Crippen LogP contribution in [-0.4, -0.2) is 51.3 Å². The van der Waals surface area contributed by atoms with Gasteiger partial charge in [0.25, 0.3) is 0 Å². The van der Waals surface area contributed by atoms with Crippen molar-refractivity contribution in [1.82, 2.24) is 10.2 Å². The van der Waals surface area contributed by atoms with Crippen LogP contribution < -0.4 is 5.32 Å². The van der Waals surface area contributed by atoms with Crippen LogP contribution in [0.1, 0.15) is 32.6 Å². The molecule has 0 spiro atoms. The first-order valence-corrected chi connectivity index (χ1v) is 6.78. The highest BCUT2D eigenvalue weighted by Gasteiger charge is 2.18. The molecule has 0 amide bonds. The molecule has 0 aliphatic carbocycles. The number of ether oxygens (including phenoxy) is 1. The van der Waals surface area contributed by atoms with E-state index in [-0.39, 0.29) is 0 Å². The normalized spacial score (nSPS) is 22.5. The Morgan fingerprint density at radius 1 is 1.38 bits per heavy atom. The molecule has 0 bridgehead atoms. The Bertz CT molecular complexity index is 164. The van der Waals surface area contributed by atoms with Crippen molar-refractivity contribution in [3.63, 3.8) is 0 Å². The predicted octanol–water partition coefficient (Wildman–Crippen LogP) is 1.73. The van der Waals surface area contributed by atoms with Crippen LogP contribution in [0.4, 0.5) is 0 Å². The molecule has 1 heterocycles. The average Bonchev–Trinajstić information content (AvgIpc) is 2.33. The van der Waals surface area contributed by atoms with E-state index in [9.17, 15) is 0 Å². The second kappa shape index (κ2) is 8.97. The summed E-state index contributed by atoms with van der Waals surface area (Å²) in [4.78, 5) is 2.63. The van der Waals surface area contributed by atoms with Gasteiger partial charge in [0, 0.05) is 20.3 Å². The van der Waals surface area contributed by atoms with Crippen LogP contribution in [0.25, 0.3) is 0 Å². The first-order chi connectivity index (χ1) is 7.86. The quantitative estimate of drug-likeness (QED) is 0.640. The molecule has 1 atom stereocenters. The minimum Gasteiger partial charge on any atom is -0.385 e. The Morgan fingerprint density at radius 2 is 2.25 bits per heavy atom. The second-order valence-electron chi connectivity index (χ2n) is 4.82. The monoisotopic (exact) mass is 228 g/mol. The van der Waals surface area contributed by atoms with Crippen LogP contribution in [0, 0.1) is 5.92 Å². The summed E-state index contributed by atoms with van der Waals surface area (Å²) in [5, 5.41) is 3.47. The Balaban J connectivity index is 2.07. The van der Waals surface area contributed by atoms with Gasteiger partial charge >= 0.3 is 0 Å². The van der Waals surface area contributed by atoms with E-state index in [4.69, 9.17) is 4.74 Å². The number of hydrogen-bond donors (Lipinski definition) is 1. The lowest BCUT2D eigenvalue weighted by molar-refractivity contribution is 0.155. The van der Waals surface area contributed by atoms with Crippen LogP contribution in [0.15, 0.2) is 0 Å². The summed E-state index contributed by atoms with van der Waals surface area (Å²) >= 11 is 0. The van der Waals surface area contributed by atoms with Crippen molar-refractivity contribution in [3.8, 4) is 0 Å². The summed E-state index contributed by atoms with van der Waals surface area (Å²) in [5.41, 5.74) is 0. The van der Waals surface area contributed by atoms with Gasteiger partial charge in [-0.15, -0.1) is 0 Å². The topological polar surface area (TPSA) is 24.5 Å². The van der Waals surface area contributed by atoms with Crippen LogP contribution in [0.5, 0.6) is 0 Å². The molecule has 1 saturated heterocycles. The molecule has 16 heavy (non-hydrogen) atoms. The van der Waals surface area contributed by atoms with E-state index in [1.807, 2.05) is 0 Å². The largest absolute Gasteiger partial charge is 0.385 e. The van der Waals surface area contributed by atoms with Gasteiger partial charge in [0.15, 0.2) is 0 Å². The first kappa shape index (κ1) is 13.9. The Labute approximate surface area is 101 Å². The Kier molecular flexibility index (Phi) is 7.81. The molecule has 3 heteroatoms. The lowest BCUT2D eigenvalue weighted by atomic mass is 9.98. The zero-order valence-corrected chi connectivity index (χ0v) is 11.0. The van der Waals surface area contributed by atoms with Gasteiger partial charge in [-0.1, -0.05) is 6.92 Å². The summed E-state index contributed by atoms with van der Waals surface area (Å²) in [7, 11) is 1.79. The van der Waals surface area contributed by atoms with E-state index in [1.54, 1.807) is 7.11 Å². The van der Waals surface area contributed by atoms with E-state index in [0.717, 1.165) is 19.1 Å². The summed E-state index contributed by atoms with van der Waals surface area (Å²) < 4.78 is 5.08. The molecule has 0 aromatic heterocycles. The first-order valence-electron chi connectivity index (χ1n) is 6.78. The zero-order valence-electron chi connectivity index (χ0n) is 11.0.